The van der Waals surface area contributed by atoms with Gasteiger partial charge < -0.3 is 15.2 Å². The molecular formula is C14H20N4O3. The summed E-state index contributed by atoms with van der Waals surface area (Å²) < 4.78 is 6.60. The van der Waals surface area contributed by atoms with Gasteiger partial charge in [-0.05, 0) is 31.5 Å². The third-order valence-corrected chi connectivity index (χ3v) is 3.20. The number of carbonyl (C=O) groups is 1. The lowest BCUT2D eigenvalue weighted by molar-refractivity contribution is 0.0587. The normalized spacial score (nSPS) is 12.5. The van der Waals surface area contributed by atoms with Crippen LogP contribution in [0.3, 0.4) is 0 Å². The molecule has 0 aliphatic carbocycles. The largest absolute Gasteiger partial charge is 0.391 e. The van der Waals surface area contributed by atoms with E-state index in [0.717, 1.165) is 12.1 Å². The van der Waals surface area contributed by atoms with Gasteiger partial charge in [-0.3, -0.25) is 4.79 Å². The van der Waals surface area contributed by atoms with Crippen molar-refractivity contribution in [1.29, 1.82) is 0 Å². The molecule has 0 bridgehead atoms. The first-order valence-corrected chi connectivity index (χ1v) is 6.94. The zero-order valence-corrected chi connectivity index (χ0v) is 12.2. The topological polar surface area (TPSA) is 89.3 Å². The van der Waals surface area contributed by atoms with Crippen molar-refractivity contribution in [2.75, 3.05) is 20.3 Å². The van der Waals surface area contributed by atoms with E-state index in [9.17, 15) is 9.90 Å². The van der Waals surface area contributed by atoms with Crippen molar-refractivity contribution >= 4 is 16.9 Å². The third-order valence-electron chi connectivity index (χ3n) is 3.20. The summed E-state index contributed by atoms with van der Waals surface area (Å²) in [7, 11) is 1.53. The Kier molecular flexibility index (Phi) is 5.24. The maximum absolute atomic E-state index is 12.0. The number of carbonyl (C=O) groups excluding carboxylic acids is 1. The Labute approximate surface area is 122 Å². The number of rotatable bonds is 7. The zero-order valence-electron chi connectivity index (χ0n) is 12.2. The second kappa shape index (κ2) is 7.14. The second-order valence-electron chi connectivity index (χ2n) is 4.76. The Hall–Kier alpha value is -1.99. The number of aryl methyl sites for hydroxylation is 1. The number of hydrogen-bond acceptors (Lipinski definition) is 5. The number of aromatic nitrogens is 3. The fraction of sp³-hybridized carbons (Fsp3) is 0.500. The van der Waals surface area contributed by atoms with Crippen LogP contribution in [0.4, 0.5) is 0 Å². The Morgan fingerprint density at radius 2 is 2.33 bits per heavy atom. The SMILES string of the molecule is CCn1nnc2cc(C(=O)NCCC(O)COC)ccc21. The summed E-state index contributed by atoms with van der Waals surface area (Å²) in [6.45, 7) is 3.38. The summed E-state index contributed by atoms with van der Waals surface area (Å²) in [5.74, 6) is -0.187. The standard InChI is InChI=1S/C14H20N4O3/c1-3-18-13-5-4-10(8-12(13)16-17-18)14(20)15-7-6-11(19)9-21-2/h4-5,8,11,19H,3,6-7,9H2,1-2H3,(H,15,20). The van der Waals surface area contributed by atoms with E-state index in [0.29, 0.717) is 24.0 Å². The summed E-state index contributed by atoms with van der Waals surface area (Å²) in [5, 5.41) is 20.3. The maximum atomic E-state index is 12.0. The van der Waals surface area contributed by atoms with Crippen LogP contribution in [0.1, 0.15) is 23.7 Å². The third kappa shape index (κ3) is 3.77. The van der Waals surface area contributed by atoms with E-state index in [4.69, 9.17) is 4.74 Å². The molecule has 0 fully saturated rings. The lowest BCUT2D eigenvalue weighted by Gasteiger charge is -2.10. The molecule has 0 saturated heterocycles. The first-order chi connectivity index (χ1) is 10.2. The monoisotopic (exact) mass is 292 g/mol. The molecule has 1 atom stereocenters. The van der Waals surface area contributed by atoms with Gasteiger partial charge in [0.05, 0.1) is 18.2 Å². The number of nitrogens with zero attached hydrogens (tertiary/aromatic N) is 3. The molecule has 1 amide bonds. The van der Waals surface area contributed by atoms with E-state index in [1.165, 1.54) is 7.11 Å². The van der Waals surface area contributed by atoms with Crippen molar-refractivity contribution in [3.63, 3.8) is 0 Å². The van der Waals surface area contributed by atoms with E-state index < -0.39 is 6.10 Å². The van der Waals surface area contributed by atoms with Crippen LogP contribution >= 0.6 is 0 Å². The Balaban J connectivity index is 1.96. The Morgan fingerprint density at radius 3 is 3.05 bits per heavy atom. The molecule has 0 saturated carbocycles. The number of aliphatic hydroxyl groups excluding tert-OH is 1. The molecule has 0 aliphatic rings. The minimum absolute atomic E-state index is 0.187. The summed E-state index contributed by atoms with van der Waals surface area (Å²) in [6, 6.07) is 5.31. The predicted octanol–water partition coefficient (Wildman–Crippen LogP) is 0.578. The molecule has 0 aliphatic heterocycles. The Bertz CT molecular complexity index is 611. The van der Waals surface area contributed by atoms with E-state index >= 15 is 0 Å². The van der Waals surface area contributed by atoms with Crippen molar-refractivity contribution in [3.05, 3.63) is 23.8 Å². The number of benzene rings is 1. The van der Waals surface area contributed by atoms with Crippen LogP contribution in [-0.4, -0.2) is 52.4 Å². The van der Waals surface area contributed by atoms with Gasteiger partial charge in [0, 0.05) is 25.8 Å². The highest BCUT2D eigenvalue weighted by atomic mass is 16.5. The van der Waals surface area contributed by atoms with Gasteiger partial charge in [0.25, 0.3) is 5.91 Å². The maximum Gasteiger partial charge on any atom is 0.251 e. The van der Waals surface area contributed by atoms with Crippen LogP contribution in [0.5, 0.6) is 0 Å². The Morgan fingerprint density at radius 1 is 1.52 bits per heavy atom. The summed E-state index contributed by atoms with van der Waals surface area (Å²) in [6.07, 6.45) is -0.115. The van der Waals surface area contributed by atoms with Crippen LogP contribution in [0.15, 0.2) is 18.2 Å². The highest BCUT2D eigenvalue weighted by molar-refractivity contribution is 5.97. The number of amides is 1. The van der Waals surface area contributed by atoms with E-state index in [1.807, 2.05) is 13.0 Å². The molecule has 1 aromatic heterocycles. The smallest absolute Gasteiger partial charge is 0.251 e. The molecule has 7 heteroatoms. The van der Waals surface area contributed by atoms with Gasteiger partial charge >= 0.3 is 0 Å². The number of ether oxygens (including phenoxy) is 1. The van der Waals surface area contributed by atoms with Crippen molar-refractivity contribution in [1.82, 2.24) is 20.3 Å². The molecule has 0 spiro atoms. The molecule has 1 aromatic carbocycles. The van der Waals surface area contributed by atoms with Gasteiger partial charge in [0.2, 0.25) is 0 Å². The zero-order chi connectivity index (χ0) is 15.2. The van der Waals surface area contributed by atoms with Crippen molar-refractivity contribution in [2.24, 2.45) is 0 Å². The van der Waals surface area contributed by atoms with Crippen LogP contribution in [0.2, 0.25) is 0 Å². The molecule has 1 unspecified atom stereocenters. The van der Waals surface area contributed by atoms with Crippen LogP contribution in [0.25, 0.3) is 11.0 Å². The fourth-order valence-corrected chi connectivity index (χ4v) is 2.08. The molecule has 2 N–H and O–H groups in total. The van der Waals surface area contributed by atoms with Crippen LogP contribution in [-0.2, 0) is 11.3 Å². The molecule has 7 nitrogen and oxygen atoms in total. The number of nitrogens with one attached hydrogen (secondary N) is 1. The van der Waals surface area contributed by atoms with Gasteiger partial charge in [-0.25, -0.2) is 4.68 Å². The molecule has 2 aromatic rings. The minimum Gasteiger partial charge on any atom is -0.391 e. The van der Waals surface area contributed by atoms with Gasteiger partial charge in [-0.1, -0.05) is 5.21 Å². The number of fused-ring (bicyclic) bond motifs is 1. The van der Waals surface area contributed by atoms with E-state index in [-0.39, 0.29) is 12.5 Å². The summed E-state index contributed by atoms with van der Waals surface area (Å²) >= 11 is 0. The highest BCUT2D eigenvalue weighted by Crippen LogP contribution is 2.13. The van der Waals surface area contributed by atoms with Crippen molar-refractivity contribution in [3.8, 4) is 0 Å². The van der Waals surface area contributed by atoms with Gasteiger partial charge in [0.1, 0.15) is 5.52 Å². The first kappa shape index (κ1) is 15.4. The highest BCUT2D eigenvalue weighted by Gasteiger charge is 2.10. The van der Waals surface area contributed by atoms with E-state index in [2.05, 4.69) is 15.6 Å². The van der Waals surface area contributed by atoms with Crippen molar-refractivity contribution in [2.45, 2.75) is 26.0 Å². The molecule has 21 heavy (non-hydrogen) atoms. The molecular weight excluding hydrogens is 272 g/mol. The molecule has 0 radical (unpaired) electrons. The average Bonchev–Trinajstić information content (AvgIpc) is 2.89. The van der Waals surface area contributed by atoms with Gasteiger partial charge in [-0.2, -0.15) is 0 Å². The second-order valence-corrected chi connectivity index (χ2v) is 4.76. The predicted molar refractivity (Wildman–Crippen MR) is 78.0 cm³/mol. The first-order valence-electron chi connectivity index (χ1n) is 6.94. The number of methoxy groups -OCH3 is 1. The minimum atomic E-state index is -0.567. The molecule has 114 valence electrons. The molecule has 1 heterocycles. The quantitative estimate of drug-likeness (QED) is 0.779. The number of aliphatic hydroxyl groups is 1. The lowest BCUT2D eigenvalue weighted by atomic mass is 10.2. The van der Waals surface area contributed by atoms with Crippen LogP contribution in [0, 0.1) is 0 Å². The lowest BCUT2D eigenvalue weighted by Crippen LogP contribution is -2.28. The van der Waals surface area contributed by atoms with Gasteiger partial charge in [-0.15, -0.1) is 5.10 Å². The number of hydrogen-bond donors (Lipinski definition) is 2. The van der Waals surface area contributed by atoms with Gasteiger partial charge in [0.15, 0.2) is 0 Å². The molecule has 2 rings (SSSR count). The summed E-state index contributed by atoms with van der Waals surface area (Å²) in [4.78, 5) is 12.0. The summed E-state index contributed by atoms with van der Waals surface area (Å²) in [5.41, 5.74) is 2.14. The van der Waals surface area contributed by atoms with Crippen molar-refractivity contribution < 1.29 is 14.6 Å². The van der Waals surface area contributed by atoms with E-state index in [1.54, 1.807) is 16.8 Å². The average molecular weight is 292 g/mol. The van der Waals surface area contributed by atoms with Crippen LogP contribution < -0.4 is 5.32 Å². The fourth-order valence-electron chi connectivity index (χ4n) is 2.08.